The smallest absolute Gasteiger partial charge is 0.148 e. The molecule has 1 atom stereocenters. The number of aryl methyl sites for hydroxylation is 3. The van der Waals surface area contributed by atoms with Crippen molar-refractivity contribution in [2.45, 2.75) is 33.7 Å². The molecule has 1 unspecified atom stereocenters. The molecule has 0 radical (unpaired) electrons. The van der Waals surface area contributed by atoms with Gasteiger partial charge in [-0.3, -0.25) is 0 Å². The summed E-state index contributed by atoms with van der Waals surface area (Å²) in [5.41, 5.74) is 5.05. The van der Waals surface area contributed by atoms with Crippen LogP contribution in [0.25, 0.3) is 0 Å². The number of sulfone groups is 1. The number of rotatable bonds is 5. The SMILES string of the molecule is Cc1cc(C)c(C(C)NCCS(C)(=O)=O)c(C)c1. The average Bonchev–Trinajstić information content (AvgIpc) is 2.13. The van der Waals surface area contributed by atoms with E-state index < -0.39 is 9.84 Å². The molecule has 0 aromatic heterocycles. The summed E-state index contributed by atoms with van der Waals surface area (Å²) >= 11 is 0. The second-order valence-electron chi connectivity index (χ2n) is 5.12. The molecule has 1 aromatic rings. The lowest BCUT2D eigenvalue weighted by molar-refractivity contribution is 0.573. The van der Waals surface area contributed by atoms with Crippen molar-refractivity contribution in [2.24, 2.45) is 0 Å². The van der Waals surface area contributed by atoms with Gasteiger partial charge in [-0.1, -0.05) is 17.7 Å². The van der Waals surface area contributed by atoms with Crippen LogP contribution in [0, 0.1) is 20.8 Å². The Morgan fingerprint density at radius 2 is 1.67 bits per heavy atom. The molecular weight excluding hydrogens is 246 g/mol. The number of benzene rings is 1. The van der Waals surface area contributed by atoms with Gasteiger partial charge in [0.2, 0.25) is 0 Å². The highest BCUT2D eigenvalue weighted by molar-refractivity contribution is 7.90. The van der Waals surface area contributed by atoms with Gasteiger partial charge in [0, 0.05) is 18.8 Å². The van der Waals surface area contributed by atoms with Gasteiger partial charge in [0.1, 0.15) is 9.84 Å². The van der Waals surface area contributed by atoms with E-state index in [1.807, 2.05) is 0 Å². The fraction of sp³-hybridized carbons (Fsp3) is 0.571. The van der Waals surface area contributed by atoms with Crippen LogP contribution in [0.1, 0.15) is 35.2 Å². The zero-order valence-electron chi connectivity index (χ0n) is 11.9. The third-order valence-corrected chi connectivity index (χ3v) is 4.04. The Hall–Kier alpha value is -0.870. The van der Waals surface area contributed by atoms with Gasteiger partial charge in [-0.15, -0.1) is 0 Å². The number of nitrogens with one attached hydrogen (secondary N) is 1. The Labute approximate surface area is 111 Å². The maximum absolute atomic E-state index is 11.1. The lowest BCUT2D eigenvalue weighted by Gasteiger charge is -2.19. The molecule has 0 saturated carbocycles. The summed E-state index contributed by atoms with van der Waals surface area (Å²) in [5, 5.41) is 3.28. The molecule has 4 heteroatoms. The predicted molar refractivity (Wildman–Crippen MR) is 76.8 cm³/mol. The second kappa shape index (κ2) is 5.85. The summed E-state index contributed by atoms with van der Waals surface area (Å²) in [6.45, 7) is 8.86. The summed E-state index contributed by atoms with van der Waals surface area (Å²) in [7, 11) is -2.89. The van der Waals surface area contributed by atoms with E-state index in [1.165, 1.54) is 28.5 Å². The first-order valence-electron chi connectivity index (χ1n) is 6.19. The monoisotopic (exact) mass is 269 g/mol. The van der Waals surface area contributed by atoms with Crippen LogP contribution in [0.4, 0.5) is 0 Å². The van der Waals surface area contributed by atoms with E-state index in [9.17, 15) is 8.42 Å². The first-order chi connectivity index (χ1) is 8.20. The average molecular weight is 269 g/mol. The van der Waals surface area contributed by atoms with Crippen molar-refractivity contribution < 1.29 is 8.42 Å². The highest BCUT2D eigenvalue weighted by atomic mass is 32.2. The third-order valence-electron chi connectivity index (χ3n) is 3.09. The van der Waals surface area contributed by atoms with Crippen LogP contribution in [0.5, 0.6) is 0 Å². The van der Waals surface area contributed by atoms with E-state index in [0.717, 1.165) is 0 Å². The maximum Gasteiger partial charge on any atom is 0.148 e. The molecule has 0 fully saturated rings. The highest BCUT2D eigenvalue weighted by Crippen LogP contribution is 2.23. The molecule has 1 aromatic carbocycles. The fourth-order valence-electron chi connectivity index (χ4n) is 2.44. The van der Waals surface area contributed by atoms with Crippen LogP contribution in [-0.2, 0) is 9.84 Å². The van der Waals surface area contributed by atoms with Crippen molar-refractivity contribution >= 4 is 9.84 Å². The quantitative estimate of drug-likeness (QED) is 0.892. The minimum Gasteiger partial charge on any atom is -0.309 e. The van der Waals surface area contributed by atoms with Gasteiger partial charge in [0.05, 0.1) is 5.75 Å². The topological polar surface area (TPSA) is 46.2 Å². The summed E-state index contributed by atoms with van der Waals surface area (Å²) in [4.78, 5) is 0. The van der Waals surface area contributed by atoms with Gasteiger partial charge in [0.15, 0.2) is 0 Å². The van der Waals surface area contributed by atoms with E-state index in [4.69, 9.17) is 0 Å². The molecule has 1 rings (SSSR count). The largest absolute Gasteiger partial charge is 0.309 e. The molecular formula is C14H23NO2S. The first-order valence-corrected chi connectivity index (χ1v) is 8.25. The van der Waals surface area contributed by atoms with Crippen LogP contribution in [0.2, 0.25) is 0 Å². The maximum atomic E-state index is 11.1. The van der Waals surface area contributed by atoms with Crippen LogP contribution in [-0.4, -0.2) is 27.0 Å². The molecule has 0 saturated heterocycles. The van der Waals surface area contributed by atoms with E-state index in [2.05, 4.69) is 45.1 Å². The summed E-state index contributed by atoms with van der Waals surface area (Å²) in [5.74, 6) is 0.182. The molecule has 3 nitrogen and oxygen atoms in total. The number of hydrogen-bond donors (Lipinski definition) is 1. The van der Waals surface area contributed by atoms with Crippen molar-refractivity contribution in [3.63, 3.8) is 0 Å². The first kappa shape index (κ1) is 15.2. The normalized spacial score (nSPS) is 13.6. The molecule has 0 spiro atoms. The fourth-order valence-corrected chi connectivity index (χ4v) is 2.93. The molecule has 0 aliphatic heterocycles. The van der Waals surface area contributed by atoms with E-state index in [-0.39, 0.29) is 11.8 Å². The van der Waals surface area contributed by atoms with Crippen molar-refractivity contribution in [3.05, 3.63) is 34.4 Å². The Balaban J connectivity index is 2.76. The molecule has 0 heterocycles. The van der Waals surface area contributed by atoms with Gasteiger partial charge < -0.3 is 5.32 Å². The molecule has 0 amide bonds. The Bertz CT molecular complexity index is 498. The Morgan fingerprint density at radius 3 is 2.11 bits per heavy atom. The van der Waals surface area contributed by atoms with Gasteiger partial charge in [-0.05, 0) is 44.4 Å². The van der Waals surface area contributed by atoms with Gasteiger partial charge >= 0.3 is 0 Å². The lowest BCUT2D eigenvalue weighted by atomic mass is 9.95. The molecule has 18 heavy (non-hydrogen) atoms. The molecule has 102 valence electrons. The minimum atomic E-state index is -2.89. The van der Waals surface area contributed by atoms with Crippen LogP contribution < -0.4 is 5.32 Å². The summed E-state index contributed by atoms with van der Waals surface area (Å²) < 4.78 is 22.2. The van der Waals surface area contributed by atoms with Crippen molar-refractivity contribution in [1.29, 1.82) is 0 Å². The Morgan fingerprint density at radius 1 is 1.17 bits per heavy atom. The van der Waals surface area contributed by atoms with Gasteiger partial charge in [-0.2, -0.15) is 0 Å². The van der Waals surface area contributed by atoms with E-state index >= 15 is 0 Å². The van der Waals surface area contributed by atoms with Crippen LogP contribution in [0.15, 0.2) is 12.1 Å². The molecule has 1 N–H and O–H groups in total. The Kier molecular flexibility index (Phi) is 4.93. The van der Waals surface area contributed by atoms with Crippen LogP contribution in [0.3, 0.4) is 0 Å². The van der Waals surface area contributed by atoms with Crippen molar-refractivity contribution in [1.82, 2.24) is 5.32 Å². The van der Waals surface area contributed by atoms with E-state index in [0.29, 0.717) is 6.54 Å². The number of hydrogen-bond acceptors (Lipinski definition) is 3. The molecule has 0 bridgehead atoms. The third kappa shape index (κ3) is 4.42. The highest BCUT2D eigenvalue weighted by Gasteiger charge is 2.12. The van der Waals surface area contributed by atoms with Crippen LogP contribution >= 0.6 is 0 Å². The second-order valence-corrected chi connectivity index (χ2v) is 7.38. The summed E-state index contributed by atoms with van der Waals surface area (Å²) in [6.07, 6.45) is 1.27. The van der Waals surface area contributed by atoms with E-state index in [1.54, 1.807) is 0 Å². The molecule has 0 aliphatic carbocycles. The predicted octanol–water partition coefficient (Wildman–Crippen LogP) is 2.31. The summed E-state index contributed by atoms with van der Waals surface area (Å²) in [6, 6.07) is 4.50. The minimum absolute atomic E-state index is 0.173. The van der Waals surface area contributed by atoms with Gasteiger partial charge in [0.25, 0.3) is 0 Å². The standard InChI is InChI=1S/C14H23NO2S/c1-10-8-11(2)14(12(3)9-10)13(4)15-6-7-18(5,16)17/h8-9,13,15H,6-7H2,1-5H3. The van der Waals surface area contributed by atoms with Crippen molar-refractivity contribution in [3.8, 4) is 0 Å². The lowest BCUT2D eigenvalue weighted by Crippen LogP contribution is -2.26. The zero-order chi connectivity index (χ0) is 13.9. The molecule has 0 aliphatic rings. The van der Waals surface area contributed by atoms with Crippen molar-refractivity contribution in [2.75, 3.05) is 18.6 Å². The van der Waals surface area contributed by atoms with Gasteiger partial charge in [-0.25, -0.2) is 8.42 Å². The zero-order valence-corrected chi connectivity index (χ0v) is 12.7.